The molecule has 2 aliphatic rings. The van der Waals surface area contributed by atoms with Gasteiger partial charge in [-0.2, -0.15) is 0 Å². The Morgan fingerprint density at radius 1 is 1.14 bits per heavy atom. The number of benzene rings is 1. The van der Waals surface area contributed by atoms with E-state index in [0.717, 1.165) is 41.4 Å². The van der Waals surface area contributed by atoms with Crippen molar-refractivity contribution in [2.75, 3.05) is 18.4 Å². The van der Waals surface area contributed by atoms with E-state index in [9.17, 15) is 14.7 Å². The van der Waals surface area contributed by atoms with Gasteiger partial charge in [0.1, 0.15) is 10.6 Å². The minimum absolute atomic E-state index is 0.243. The zero-order valence-electron chi connectivity index (χ0n) is 19.7. The molecule has 0 atom stereocenters. The molecule has 3 N–H and O–H groups in total. The second kappa shape index (κ2) is 10.4. The standard InChI is InChI=1S/C27H29N3O3S2/c1-16-2-4-17(5-3-16)22-13-28-11-10-20(22)21-12-24(35-25(21)27(32)33)18-6-8-19(9-7-18)30-26(31)23-14-34-15-29-23/h6-9,12,14-17,28H,2-5,10-11,13H2,1H3,(H,30,31)(H,32,33). The number of carboxylic acid groups (broad SMARTS) is 1. The van der Waals surface area contributed by atoms with E-state index in [-0.39, 0.29) is 5.91 Å². The number of nitrogens with one attached hydrogen (secondary N) is 2. The second-order valence-corrected chi connectivity index (χ2v) is 11.2. The van der Waals surface area contributed by atoms with E-state index in [0.29, 0.717) is 22.2 Å². The molecule has 1 aromatic carbocycles. The van der Waals surface area contributed by atoms with E-state index in [1.165, 1.54) is 59.5 Å². The van der Waals surface area contributed by atoms with E-state index in [2.05, 4.69) is 28.6 Å². The molecule has 1 fully saturated rings. The summed E-state index contributed by atoms with van der Waals surface area (Å²) in [6, 6.07) is 9.61. The van der Waals surface area contributed by atoms with Gasteiger partial charge in [0.15, 0.2) is 0 Å². The van der Waals surface area contributed by atoms with Gasteiger partial charge in [-0.25, -0.2) is 9.78 Å². The van der Waals surface area contributed by atoms with E-state index in [4.69, 9.17) is 0 Å². The number of carboxylic acids is 1. The Morgan fingerprint density at radius 2 is 1.91 bits per heavy atom. The lowest BCUT2D eigenvalue weighted by Crippen LogP contribution is -2.30. The first-order valence-electron chi connectivity index (χ1n) is 12.1. The molecule has 0 bridgehead atoms. The van der Waals surface area contributed by atoms with Gasteiger partial charge in [0.25, 0.3) is 5.91 Å². The van der Waals surface area contributed by atoms with E-state index in [1.807, 2.05) is 24.3 Å². The van der Waals surface area contributed by atoms with Crippen molar-refractivity contribution >= 4 is 45.8 Å². The normalized spacial score (nSPS) is 20.6. The minimum atomic E-state index is -0.869. The van der Waals surface area contributed by atoms with Crippen LogP contribution in [0, 0.1) is 11.8 Å². The lowest BCUT2D eigenvalue weighted by molar-refractivity contribution is 0.0701. The molecule has 1 aliphatic heterocycles. The molecule has 3 heterocycles. The van der Waals surface area contributed by atoms with Gasteiger partial charge >= 0.3 is 5.97 Å². The molecular formula is C27H29N3O3S2. The van der Waals surface area contributed by atoms with Gasteiger partial charge in [-0.05, 0) is 72.6 Å². The summed E-state index contributed by atoms with van der Waals surface area (Å²) < 4.78 is 0. The van der Waals surface area contributed by atoms with Crippen LogP contribution in [0.2, 0.25) is 0 Å². The van der Waals surface area contributed by atoms with Gasteiger partial charge in [-0.15, -0.1) is 22.7 Å². The lowest BCUT2D eigenvalue weighted by Gasteiger charge is -2.32. The molecule has 182 valence electrons. The zero-order valence-corrected chi connectivity index (χ0v) is 21.3. The number of nitrogens with zero attached hydrogens (tertiary/aromatic N) is 1. The summed E-state index contributed by atoms with van der Waals surface area (Å²) in [6.45, 7) is 4.06. The van der Waals surface area contributed by atoms with Crippen LogP contribution in [-0.4, -0.2) is 35.1 Å². The molecule has 6 nitrogen and oxygen atoms in total. The second-order valence-electron chi connectivity index (χ2n) is 9.45. The highest BCUT2D eigenvalue weighted by Gasteiger charge is 2.28. The first-order chi connectivity index (χ1) is 17.0. The van der Waals surface area contributed by atoms with Crippen molar-refractivity contribution in [2.24, 2.45) is 11.8 Å². The molecule has 0 radical (unpaired) electrons. The summed E-state index contributed by atoms with van der Waals surface area (Å²) in [6.07, 6.45) is 5.73. The number of hydrogen-bond donors (Lipinski definition) is 3. The summed E-state index contributed by atoms with van der Waals surface area (Å²) in [5.74, 6) is 0.210. The molecule has 1 saturated carbocycles. The number of carbonyl (C=O) groups is 2. The first-order valence-corrected chi connectivity index (χ1v) is 13.9. The first kappa shape index (κ1) is 23.9. The van der Waals surface area contributed by atoms with Crippen LogP contribution in [0.5, 0.6) is 0 Å². The topological polar surface area (TPSA) is 91.3 Å². The van der Waals surface area contributed by atoms with Crippen molar-refractivity contribution in [1.29, 1.82) is 0 Å². The molecule has 5 rings (SSSR count). The number of hydrogen-bond acceptors (Lipinski definition) is 6. The van der Waals surface area contributed by atoms with Crippen LogP contribution in [0.15, 0.2) is 46.8 Å². The number of aromatic nitrogens is 1. The van der Waals surface area contributed by atoms with Crippen LogP contribution < -0.4 is 10.6 Å². The Bertz CT molecular complexity index is 1240. The molecule has 2 aromatic heterocycles. The molecule has 0 unspecified atom stereocenters. The average Bonchev–Trinajstić information content (AvgIpc) is 3.56. The summed E-state index contributed by atoms with van der Waals surface area (Å²) in [5.41, 5.74) is 7.17. The van der Waals surface area contributed by atoms with Crippen molar-refractivity contribution in [1.82, 2.24) is 10.3 Å². The van der Waals surface area contributed by atoms with E-state index in [1.54, 1.807) is 10.9 Å². The highest BCUT2D eigenvalue weighted by molar-refractivity contribution is 7.17. The molecule has 0 saturated heterocycles. The summed E-state index contributed by atoms with van der Waals surface area (Å²) in [7, 11) is 0. The maximum Gasteiger partial charge on any atom is 0.346 e. The number of aromatic carboxylic acids is 1. The largest absolute Gasteiger partial charge is 0.477 e. The van der Waals surface area contributed by atoms with Crippen molar-refractivity contribution in [3.8, 4) is 10.4 Å². The van der Waals surface area contributed by atoms with Crippen LogP contribution in [0.4, 0.5) is 5.69 Å². The third kappa shape index (κ3) is 5.24. The minimum Gasteiger partial charge on any atom is -0.477 e. The molecule has 1 aliphatic carbocycles. The van der Waals surface area contributed by atoms with Crippen LogP contribution in [-0.2, 0) is 0 Å². The SMILES string of the molecule is CC1CCC(C2=C(c3cc(-c4ccc(NC(=O)c5cscn5)cc4)sc3C(=O)O)CCNC2)CC1. The Labute approximate surface area is 213 Å². The highest BCUT2D eigenvalue weighted by atomic mass is 32.1. The fourth-order valence-corrected chi connectivity index (χ4v) is 6.73. The third-order valence-electron chi connectivity index (χ3n) is 7.11. The Morgan fingerprint density at radius 3 is 2.60 bits per heavy atom. The lowest BCUT2D eigenvalue weighted by atomic mass is 9.76. The molecule has 1 amide bonds. The Balaban J connectivity index is 1.43. The van der Waals surface area contributed by atoms with Gasteiger partial charge in [0.2, 0.25) is 0 Å². The average molecular weight is 508 g/mol. The van der Waals surface area contributed by atoms with Crippen molar-refractivity contribution in [3.63, 3.8) is 0 Å². The Hall–Kier alpha value is -2.81. The number of thiazole rings is 1. The number of carbonyl (C=O) groups excluding carboxylic acids is 1. The predicted octanol–water partition coefficient (Wildman–Crippen LogP) is 6.40. The summed E-state index contributed by atoms with van der Waals surface area (Å²) in [4.78, 5) is 29.9. The maximum absolute atomic E-state index is 12.3. The maximum atomic E-state index is 12.3. The van der Waals surface area contributed by atoms with Gasteiger partial charge in [-0.3, -0.25) is 4.79 Å². The number of anilines is 1. The smallest absolute Gasteiger partial charge is 0.346 e. The van der Waals surface area contributed by atoms with Crippen LogP contribution in [0.25, 0.3) is 16.0 Å². The fourth-order valence-electron chi connectivity index (χ4n) is 5.16. The predicted molar refractivity (Wildman–Crippen MR) is 142 cm³/mol. The Kier molecular flexibility index (Phi) is 7.13. The van der Waals surface area contributed by atoms with Crippen LogP contribution >= 0.6 is 22.7 Å². The van der Waals surface area contributed by atoms with Gasteiger partial charge in [0, 0.05) is 28.1 Å². The van der Waals surface area contributed by atoms with E-state index < -0.39 is 5.97 Å². The van der Waals surface area contributed by atoms with Crippen LogP contribution in [0.1, 0.15) is 64.8 Å². The van der Waals surface area contributed by atoms with Gasteiger partial charge in [-0.1, -0.05) is 31.9 Å². The third-order valence-corrected chi connectivity index (χ3v) is 8.87. The summed E-state index contributed by atoms with van der Waals surface area (Å²) >= 11 is 2.71. The van der Waals surface area contributed by atoms with E-state index >= 15 is 0 Å². The van der Waals surface area contributed by atoms with Gasteiger partial charge < -0.3 is 15.7 Å². The van der Waals surface area contributed by atoms with Crippen molar-refractivity contribution in [3.05, 3.63) is 62.9 Å². The van der Waals surface area contributed by atoms with Crippen LogP contribution in [0.3, 0.4) is 0 Å². The van der Waals surface area contributed by atoms with Gasteiger partial charge in [0.05, 0.1) is 5.51 Å². The fraction of sp³-hybridized carbons (Fsp3) is 0.370. The summed E-state index contributed by atoms with van der Waals surface area (Å²) in [5, 5.41) is 18.1. The molecule has 8 heteroatoms. The molecule has 35 heavy (non-hydrogen) atoms. The monoisotopic (exact) mass is 507 g/mol. The quantitative estimate of drug-likeness (QED) is 0.359. The van der Waals surface area contributed by atoms with Crippen molar-refractivity contribution in [2.45, 2.75) is 39.0 Å². The molecular weight excluding hydrogens is 478 g/mol. The molecule has 3 aromatic rings. The molecule has 0 spiro atoms. The number of amides is 1. The highest BCUT2D eigenvalue weighted by Crippen LogP contribution is 2.42. The number of thiophene rings is 1. The zero-order chi connectivity index (χ0) is 24.4. The number of rotatable bonds is 6. The van der Waals surface area contributed by atoms with Crippen molar-refractivity contribution < 1.29 is 14.7 Å².